The van der Waals surface area contributed by atoms with Crippen LogP contribution in [0.25, 0.3) is 16.6 Å². The number of Topliss-reactive ketones (excluding diaryl/α,β-unsaturated/α-hetero) is 1. The number of halogens is 1. The fraction of sp³-hybridized carbons (Fsp3) is 0.174. The zero-order valence-electron chi connectivity index (χ0n) is 19.5. The van der Waals surface area contributed by atoms with Gasteiger partial charge in [-0.05, 0) is 16.5 Å². The molecule has 0 bridgehead atoms. The molecule has 3 N–H and O–H groups in total. The van der Waals surface area contributed by atoms with Crippen molar-refractivity contribution in [2.75, 3.05) is 36.1 Å². The van der Waals surface area contributed by atoms with Crippen LogP contribution in [0.15, 0.2) is 54.0 Å². The van der Waals surface area contributed by atoms with Gasteiger partial charge in [-0.1, -0.05) is 16.6 Å². The molecule has 3 aromatic rings. The third kappa shape index (κ3) is 3.80. The van der Waals surface area contributed by atoms with E-state index in [4.69, 9.17) is 5.26 Å². The van der Waals surface area contributed by atoms with Gasteiger partial charge < -0.3 is 20.2 Å². The quantitative estimate of drug-likeness (QED) is 0.242. The molecule has 5 heterocycles. The Hall–Kier alpha value is -5.54. The number of aromatic amines is 1. The van der Waals surface area contributed by atoms with Gasteiger partial charge in [0.15, 0.2) is 11.6 Å². The van der Waals surface area contributed by atoms with E-state index in [9.17, 15) is 14.0 Å². The first-order valence-electron chi connectivity index (χ1n) is 11.4. The van der Waals surface area contributed by atoms with Crippen molar-refractivity contribution in [3.63, 3.8) is 0 Å². The fourth-order valence-electron chi connectivity index (χ4n) is 4.35. The standard InChI is InChI=1S/C23H17FN12O2/c24-17-13-27-21(35-5-4-28-31-35)19-18(17)16(12-26-19)20(37)22(38)33-6-8-34(9-7-33)23-29-30-32-36(23)15-3-1-2-14(10-15)11-25/h3-5,10,12-13,26,28,31H,6-9H2. The number of aromatic nitrogens is 6. The average molecular weight is 512 g/mol. The van der Waals surface area contributed by atoms with E-state index in [2.05, 4.69) is 47.9 Å². The summed E-state index contributed by atoms with van der Waals surface area (Å²) in [4.78, 5) is 36.5. The van der Waals surface area contributed by atoms with Crippen LogP contribution in [0, 0.1) is 17.1 Å². The maximum atomic E-state index is 14.8. The lowest BCUT2D eigenvalue weighted by Gasteiger charge is -2.34. The minimum Gasteiger partial charge on any atom is -0.357 e. The molecule has 2 aliphatic heterocycles. The van der Waals surface area contributed by atoms with Crippen LogP contribution in [-0.2, 0) is 4.79 Å². The van der Waals surface area contributed by atoms with Crippen molar-refractivity contribution >= 4 is 40.1 Å². The molecule has 1 aliphatic carbocycles. The first kappa shape index (κ1) is 22.9. The Morgan fingerprint density at radius 1 is 1.21 bits per heavy atom. The fourth-order valence-corrected chi connectivity index (χ4v) is 4.35. The van der Waals surface area contributed by atoms with Crippen LogP contribution in [0.5, 0.6) is 0 Å². The minimum atomic E-state index is -0.825. The lowest BCUT2D eigenvalue weighted by atomic mass is 10.1. The Morgan fingerprint density at radius 3 is 2.82 bits per heavy atom. The van der Waals surface area contributed by atoms with Gasteiger partial charge in [-0.25, -0.2) is 14.4 Å². The molecule has 6 rings (SSSR count). The molecule has 1 fully saturated rings. The number of nitrogens with one attached hydrogen (secondary N) is 3. The van der Waals surface area contributed by atoms with Crippen LogP contribution >= 0.6 is 0 Å². The molecule has 0 atom stereocenters. The predicted octanol–water partition coefficient (Wildman–Crippen LogP) is 0.135. The highest BCUT2D eigenvalue weighted by molar-refractivity contribution is 6.45. The number of hydrazine groups is 2. The molecule has 3 aromatic heterocycles. The summed E-state index contributed by atoms with van der Waals surface area (Å²) in [5.41, 5.74) is 12.1. The summed E-state index contributed by atoms with van der Waals surface area (Å²) in [5, 5.41) is 22.5. The summed E-state index contributed by atoms with van der Waals surface area (Å²) < 4.78 is 16.2. The number of H-pyrrole nitrogens is 1. The number of piperazine rings is 1. The second kappa shape index (κ2) is 9.16. The highest BCUT2D eigenvalue weighted by atomic mass is 19.1. The van der Waals surface area contributed by atoms with Gasteiger partial charge in [-0.15, -0.1) is 5.53 Å². The number of nitriles is 1. The van der Waals surface area contributed by atoms with Crippen LogP contribution < -0.4 is 20.9 Å². The normalized spacial score (nSPS) is 16.5. The number of pyridine rings is 1. The second-order valence-electron chi connectivity index (χ2n) is 8.33. The molecule has 1 amide bonds. The van der Waals surface area contributed by atoms with Crippen LogP contribution in [0.1, 0.15) is 10.4 Å². The summed E-state index contributed by atoms with van der Waals surface area (Å²) in [6.07, 6.45) is 8.77. The molecule has 14 nitrogen and oxygen atoms in total. The largest absolute Gasteiger partial charge is 0.357 e. The molecular weight excluding hydrogens is 495 g/mol. The van der Waals surface area contributed by atoms with Crippen LogP contribution in [-0.4, -0.2) is 72.9 Å². The molecule has 0 unspecified atom stereocenters. The Labute approximate surface area is 213 Å². The van der Waals surface area contributed by atoms with Gasteiger partial charge in [0.2, 0.25) is 0 Å². The Balaban J connectivity index is 1.18. The summed E-state index contributed by atoms with van der Waals surface area (Å²) in [5.74, 6) is -1.53. The molecule has 188 valence electrons. The number of ketones is 1. The van der Waals surface area contributed by atoms with Crippen LogP contribution in [0.4, 0.5) is 16.2 Å². The van der Waals surface area contributed by atoms with Crippen LogP contribution in [0.2, 0.25) is 0 Å². The number of rotatable bonds is 5. The number of carbonyl (C=O) groups excluding carboxylic acids is 2. The topological polar surface area (TPSA) is 164 Å². The van der Waals surface area contributed by atoms with E-state index in [1.807, 2.05) is 11.0 Å². The highest BCUT2D eigenvalue weighted by Crippen LogP contribution is 2.29. The van der Waals surface area contributed by atoms with Gasteiger partial charge in [0.1, 0.15) is 11.6 Å². The van der Waals surface area contributed by atoms with Crippen molar-refractivity contribution in [3.05, 3.63) is 65.4 Å². The van der Waals surface area contributed by atoms with Gasteiger partial charge in [-0.3, -0.25) is 9.59 Å². The molecule has 0 aromatic carbocycles. The highest BCUT2D eigenvalue weighted by Gasteiger charge is 2.31. The number of nitrogens with zero attached hydrogens (tertiary/aromatic N) is 9. The minimum absolute atomic E-state index is 0.0121. The van der Waals surface area contributed by atoms with Crippen molar-refractivity contribution in [2.45, 2.75) is 0 Å². The molecule has 0 spiro atoms. The molecular formula is C23H17FN12O2. The number of amides is 1. The number of hydrogen-bond donors (Lipinski definition) is 3. The maximum Gasteiger partial charge on any atom is 0.295 e. The van der Waals surface area contributed by atoms with Crippen molar-refractivity contribution in [3.8, 4) is 6.07 Å². The average Bonchev–Trinajstić information content (AvgIpc) is 3.74. The van der Waals surface area contributed by atoms with E-state index in [1.54, 1.807) is 24.6 Å². The first-order chi connectivity index (χ1) is 18.5. The Morgan fingerprint density at radius 2 is 2.05 bits per heavy atom. The van der Waals surface area contributed by atoms with Crippen molar-refractivity contribution < 1.29 is 14.0 Å². The molecule has 15 heteroatoms. The number of hydrogen-bond acceptors (Lipinski definition) is 11. The van der Waals surface area contributed by atoms with E-state index in [-0.39, 0.29) is 29.6 Å². The van der Waals surface area contributed by atoms with E-state index in [1.165, 1.54) is 20.8 Å². The third-order valence-electron chi connectivity index (χ3n) is 6.19. The lowest BCUT2D eigenvalue weighted by Crippen LogP contribution is -2.51. The smallest absolute Gasteiger partial charge is 0.295 e. The second-order valence-corrected chi connectivity index (χ2v) is 8.33. The molecule has 38 heavy (non-hydrogen) atoms. The molecule has 3 aliphatic rings. The summed E-state index contributed by atoms with van der Waals surface area (Å²) in [6.45, 7) is 1.15. The van der Waals surface area contributed by atoms with Gasteiger partial charge in [-0.2, -0.15) is 9.94 Å². The van der Waals surface area contributed by atoms with Gasteiger partial charge >= 0.3 is 0 Å². The molecule has 0 saturated carbocycles. The predicted molar refractivity (Wildman–Crippen MR) is 130 cm³/mol. The number of fused-ring (bicyclic) bond motifs is 1. The van der Waals surface area contributed by atoms with Crippen molar-refractivity contribution in [1.82, 2.24) is 46.0 Å². The number of anilines is 2. The summed E-state index contributed by atoms with van der Waals surface area (Å²) >= 11 is 0. The summed E-state index contributed by atoms with van der Waals surface area (Å²) in [6, 6.07) is 2.00. The van der Waals surface area contributed by atoms with E-state index >= 15 is 0 Å². The van der Waals surface area contributed by atoms with Gasteiger partial charge in [0, 0.05) is 50.9 Å². The third-order valence-corrected chi connectivity index (χ3v) is 6.19. The first-order valence-corrected chi connectivity index (χ1v) is 11.4. The zero-order chi connectivity index (χ0) is 26.2. The number of allylic oxidation sites excluding steroid dienone is 4. The van der Waals surface area contributed by atoms with Gasteiger partial charge in [0.05, 0.1) is 28.4 Å². The van der Waals surface area contributed by atoms with Crippen molar-refractivity contribution in [2.24, 2.45) is 0 Å². The van der Waals surface area contributed by atoms with Crippen LogP contribution in [0.3, 0.4) is 0 Å². The summed E-state index contributed by atoms with van der Waals surface area (Å²) in [7, 11) is 0. The number of carbonyl (C=O) groups is 2. The molecule has 0 radical (unpaired) electrons. The zero-order valence-corrected chi connectivity index (χ0v) is 19.5. The Kier molecular flexibility index (Phi) is 5.52. The SMILES string of the molecule is N#CC1=C=C=CC(n2nnnc2N2CCN(C(=O)C(=O)c3c[nH]c4c(N5C=CNN5)ncc(F)c34)CC2)=C1. The van der Waals surface area contributed by atoms with E-state index < -0.39 is 17.5 Å². The lowest BCUT2D eigenvalue weighted by molar-refractivity contribution is -0.126. The maximum absolute atomic E-state index is 14.8. The van der Waals surface area contributed by atoms with E-state index in [0.29, 0.717) is 36.1 Å². The van der Waals surface area contributed by atoms with E-state index in [0.717, 1.165) is 6.20 Å². The Bertz CT molecular complexity index is 1690. The number of tetrazole rings is 1. The molecule has 1 saturated heterocycles. The van der Waals surface area contributed by atoms with Crippen molar-refractivity contribution in [1.29, 1.82) is 5.26 Å². The van der Waals surface area contributed by atoms with Gasteiger partial charge in [0.25, 0.3) is 17.6 Å². The monoisotopic (exact) mass is 512 g/mol.